The Kier molecular flexibility index (Phi) is 4.26. The number of benzene rings is 2. The minimum absolute atomic E-state index is 0.283. The molecule has 1 heterocycles. The van der Waals surface area contributed by atoms with Crippen LogP contribution < -0.4 is 9.64 Å². The molecule has 0 unspecified atom stereocenters. The molecular weight excluding hydrogens is 315 g/mol. The van der Waals surface area contributed by atoms with Crippen LogP contribution in [-0.2, 0) is 6.18 Å². The fraction of sp³-hybridized carbons (Fsp3) is 0.263. The number of fused-ring (bicyclic) bond motifs is 1. The van der Waals surface area contributed by atoms with Gasteiger partial charge in [-0.3, -0.25) is 0 Å². The van der Waals surface area contributed by atoms with Crippen molar-refractivity contribution >= 4 is 11.8 Å². The van der Waals surface area contributed by atoms with Crippen LogP contribution in [0.1, 0.15) is 25.0 Å². The minimum Gasteiger partial charge on any atom is -0.455 e. The highest BCUT2D eigenvalue weighted by Gasteiger charge is 2.30. The average molecular weight is 333 g/mol. The first kappa shape index (κ1) is 16.4. The number of ether oxygens (including phenoxy) is 1. The molecule has 0 N–H and O–H groups in total. The van der Waals surface area contributed by atoms with Crippen LogP contribution in [0.3, 0.4) is 0 Å². The van der Waals surface area contributed by atoms with Crippen molar-refractivity contribution in [3.8, 4) is 11.5 Å². The van der Waals surface area contributed by atoms with Crippen LogP contribution in [-0.4, -0.2) is 12.6 Å². The molecule has 5 heteroatoms. The van der Waals surface area contributed by atoms with Crippen molar-refractivity contribution in [2.75, 3.05) is 11.4 Å². The van der Waals surface area contributed by atoms with Crippen LogP contribution >= 0.6 is 0 Å². The highest BCUT2D eigenvalue weighted by Crippen LogP contribution is 2.39. The molecule has 0 atom stereocenters. The van der Waals surface area contributed by atoms with Crippen molar-refractivity contribution in [2.24, 2.45) is 0 Å². The van der Waals surface area contributed by atoms with Crippen molar-refractivity contribution in [1.29, 1.82) is 0 Å². The number of hydrogen-bond donors (Lipinski definition) is 0. The number of hydrogen-bond acceptors (Lipinski definition) is 2. The second kappa shape index (κ2) is 6.23. The second-order valence-corrected chi connectivity index (χ2v) is 5.97. The van der Waals surface area contributed by atoms with E-state index in [9.17, 15) is 13.2 Å². The number of para-hydroxylation sites is 1. The zero-order chi connectivity index (χ0) is 17.3. The van der Waals surface area contributed by atoms with E-state index in [2.05, 4.69) is 24.8 Å². The molecule has 0 aromatic heterocycles. The third-order valence-corrected chi connectivity index (χ3v) is 3.95. The zero-order valence-electron chi connectivity index (χ0n) is 13.5. The molecule has 0 spiro atoms. The summed E-state index contributed by atoms with van der Waals surface area (Å²) in [5.41, 5.74) is 1.32. The molecule has 1 aliphatic rings. The van der Waals surface area contributed by atoms with Crippen LogP contribution in [0.5, 0.6) is 11.5 Å². The number of rotatable bonds is 3. The van der Waals surface area contributed by atoms with Crippen LogP contribution in [0.25, 0.3) is 6.08 Å². The lowest BCUT2D eigenvalue weighted by Crippen LogP contribution is -2.33. The fourth-order valence-electron chi connectivity index (χ4n) is 2.76. The molecule has 2 aromatic rings. The fourth-order valence-corrected chi connectivity index (χ4v) is 2.76. The van der Waals surface area contributed by atoms with E-state index in [1.807, 2.05) is 24.3 Å². The van der Waals surface area contributed by atoms with Gasteiger partial charge in [0.05, 0.1) is 11.3 Å². The van der Waals surface area contributed by atoms with Gasteiger partial charge >= 0.3 is 6.18 Å². The van der Waals surface area contributed by atoms with Crippen LogP contribution in [0.15, 0.2) is 48.5 Å². The van der Waals surface area contributed by atoms with Crippen LogP contribution in [0, 0.1) is 0 Å². The van der Waals surface area contributed by atoms with E-state index in [0.717, 1.165) is 29.9 Å². The van der Waals surface area contributed by atoms with Crippen molar-refractivity contribution in [3.05, 3.63) is 59.7 Å². The third kappa shape index (κ3) is 3.25. The Balaban J connectivity index is 1.93. The van der Waals surface area contributed by atoms with Crippen molar-refractivity contribution in [2.45, 2.75) is 26.1 Å². The maximum absolute atomic E-state index is 12.7. The van der Waals surface area contributed by atoms with Gasteiger partial charge in [-0.05, 0) is 44.2 Å². The van der Waals surface area contributed by atoms with Gasteiger partial charge in [0, 0.05) is 18.2 Å². The third-order valence-electron chi connectivity index (χ3n) is 3.95. The Bertz CT molecular complexity index is 748. The summed E-state index contributed by atoms with van der Waals surface area (Å²) in [6.45, 7) is 4.97. The summed E-state index contributed by atoms with van der Waals surface area (Å²) in [6, 6.07) is 10.8. The molecule has 1 aliphatic heterocycles. The summed E-state index contributed by atoms with van der Waals surface area (Å²) in [4.78, 5) is 2.20. The van der Waals surface area contributed by atoms with Gasteiger partial charge in [-0.1, -0.05) is 24.3 Å². The monoisotopic (exact) mass is 333 g/mol. The van der Waals surface area contributed by atoms with E-state index in [0.29, 0.717) is 11.5 Å². The van der Waals surface area contributed by atoms with E-state index in [1.54, 1.807) is 0 Å². The first-order valence-corrected chi connectivity index (χ1v) is 7.77. The summed E-state index contributed by atoms with van der Waals surface area (Å²) in [7, 11) is 0. The minimum atomic E-state index is -4.34. The van der Waals surface area contributed by atoms with Gasteiger partial charge in [-0.15, -0.1) is 0 Å². The topological polar surface area (TPSA) is 12.5 Å². The van der Waals surface area contributed by atoms with E-state index in [4.69, 9.17) is 4.74 Å². The highest BCUT2D eigenvalue weighted by atomic mass is 19.4. The first-order valence-electron chi connectivity index (χ1n) is 7.77. The molecule has 0 saturated carbocycles. The predicted molar refractivity (Wildman–Crippen MR) is 89.5 cm³/mol. The van der Waals surface area contributed by atoms with Crippen LogP contribution in [0.2, 0.25) is 0 Å². The quantitative estimate of drug-likeness (QED) is 0.710. The smallest absolute Gasteiger partial charge is 0.416 e. The number of anilines is 1. The molecule has 2 nitrogen and oxygen atoms in total. The molecule has 2 aromatic carbocycles. The Hall–Kier alpha value is -2.43. The summed E-state index contributed by atoms with van der Waals surface area (Å²) < 4.78 is 43.9. The Morgan fingerprint density at radius 2 is 1.75 bits per heavy atom. The molecule has 3 rings (SSSR count). The van der Waals surface area contributed by atoms with Gasteiger partial charge < -0.3 is 9.64 Å². The normalized spacial score (nSPS) is 14.0. The van der Waals surface area contributed by atoms with E-state index < -0.39 is 11.7 Å². The Morgan fingerprint density at radius 3 is 2.38 bits per heavy atom. The SMILES string of the molecule is CC(C)N1CC=Cc2cccc(Oc3ccc(C(F)(F)F)cc3)c21. The van der Waals surface area contributed by atoms with Gasteiger partial charge in [0.2, 0.25) is 0 Å². The Labute approximate surface area is 139 Å². The zero-order valence-corrected chi connectivity index (χ0v) is 13.5. The number of halogens is 3. The van der Waals surface area contributed by atoms with Gasteiger partial charge in [0.15, 0.2) is 5.75 Å². The lowest BCUT2D eigenvalue weighted by atomic mass is 10.1. The number of alkyl halides is 3. The summed E-state index contributed by atoms with van der Waals surface area (Å²) >= 11 is 0. The molecule has 0 radical (unpaired) electrons. The van der Waals surface area contributed by atoms with Gasteiger partial charge in [-0.25, -0.2) is 0 Å². The van der Waals surface area contributed by atoms with Gasteiger partial charge in [0.1, 0.15) is 5.75 Å². The summed E-state index contributed by atoms with van der Waals surface area (Å²) in [6.07, 6.45) is -0.220. The van der Waals surface area contributed by atoms with Gasteiger partial charge in [0.25, 0.3) is 0 Å². The molecule has 24 heavy (non-hydrogen) atoms. The molecule has 0 saturated heterocycles. The summed E-state index contributed by atoms with van der Waals surface area (Å²) in [5.74, 6) is 1.03. The van der Waals surface area contributed by atoms with Crippen molar-refractivity contribution in [1.82, 2.24) is 0 Å². The number of nitrogens with zero attached hydrogens (tertiary/aromatic N) is 1. The standard InChI is InChI=1S/C19H18F3NO/c1-13(2)23-12-4-6-14-5-3-7-17(18(14)23)24-16-10-8-15(9-11-16)19(20,21)22/h3-11,13H,12H2,1-2H3. The maximum atomic E-state index is 12.7. The van der Waals surface area contributed by atoms with E-state index in [1.165, 1.54) is 12.1 Å². The molecular formula is C19H18F3NO. The molecule has 0 amide bonds. The molecule has 0 aliphatic carbocycles. The van der Waals surface area contributed by atoms with E-state index in [-0.39, 0.29) is 6.04 Å². The molecule has 0 bridgehead atoms. The molecule has 126 valence electrons. The second-order valence-electron chi connectivity index (χ2n) is 5.97. The Morgan fingerprint density at radius 1 is 1.04 bits per heavy atom. The predicted octanol–water partition coefficient (Wildman–Crippen LogP) is 5.74. The maximum Gasteiger partial charge on any atom is 0.416 e. The van der Waals surface area contributed by atoms with Crippen LogP contribution in [0.4, 0.5) is 18.9 Å². The first-order chi connectivity index (χ1) is 11.4. The largest absolute Gasteiger partial charge is 0.455 e. The average Bonchev–Trinajstić information content (AvgIpc) is 2.54. The lowest BCUT2D eigenvalue weighted by Gasteiger charge is -2.33. The van der Waals surface area contributed by atoms with E-state index >= 15 is 0 Å². The summed E-state index contributed by atoms with van der Waals surface area (Å²) in [5, 5.41) is 0. The van der Waals surface area contributed by atoms with Crippen molar-refractivity contribution in [3.63, 3.8) is 0 Å². The van der Waals surface area contributed by atoms with Gasteiger partial charge in [-0.2, -0.15) is 13.2 Å². The highest BCUT2D eigenvalue weighted by molar-refractivity contribution is 5.77. The lowest BCUT2D eigenvalue weighted by molar-refractivity contribution is -0.137. The van der Waals surface area contributed by atoms with Crippen molar-refractivity contribution < 1.29 is 17.9 Å². The molecule has 0 fully saturated rings.